The first-order valence-corrected chi connectivity index (χ1v) is 9.76. The monoisotopic (exact) mass is 384 g/mol. The number of hydrogen-bond donors (Lipinski definition) is 0. The summed E-state index contributed by atoms with van der Waals surface area (Å²) in [6, 6.07) is 9.77. The molecule has 1 aliphatic rings. The van der Waals surface area contributed by atoms with Gasteiger partial charge in [0.2, 0.25) is 5.91 Å². The molecule has 0 fully saturated rings. The van der Waals surface area contributed by atoms with Crippen molar-refractivity contribution in [1.82, 2.24) is 14.6 Å². The third-order valence-electron chi connectivity index (χ3n) is 4.17. The SMILES string of the molecule is CC1=Nn2c(nc3scc(-c4ccccc4)c3c2=O)S[C@@H]1C(=O)N(C)C. The van der Waals surface area contributed by atoms with E-state index in [1.54, 1.807) is 21.0 Å². The Morgan fingerprint density at radius 3 is 2.65 bits per heavy atom. The molecular formula is C18H16N4O2S2. The number of carbonyl (C=O) groups is 1. The Morgan fingerprint density at radius 2 is 1.96 bits per heavy atom. The number of hydrogen-bond acceptors (Lipinski definition) is 6. The van der Waals surface area contributed by atoms with Crippen LogP contribution in [-0.4, -0.2) is 45.5 Å². The molecule has 0 saturated heterocycles. The number of thioether (sulfide) groups is 1. The number of fused-ring (bicyclic) bond motifs is 2. The van der Waals surface area contributed by atoms with Crippen LogP contribution in [0.1, 0.15) is 6.92 Å². The molecule has 8 heteroatoms. The number of thiophene rings is 1. The summed E-state index contributed by atoms with van der Waals surface area (Å²) < 4.78 is 1.32. The molecule has 1 aliphatic heterocycles. The van der Waals surface area contributed by atoms with Gasteiger partial charge < -0.3 is 4.90 Å². The van der Waals surface area contributed by atoms with Crippen LogP contribution in [0.3, 0.4) is 0 Å². The highest BCUT2D eigenvalue weighted by molar-refractivity contribution is 8.01. The largest absolute Gasteiger partial charge is 0.348 e. The lowest BCUT2D eigenvalue weighted by Gasteiger charge is -2.23. The fourth-order valence-corrected chi connectivity index (χ4v) is 4.93. The molecule has 0 N–H and O–H groups in total. The molecule has 0 aliphatic carbocycles. The zero-order chi connectivity index (χ0) is 18.4. The van der Waals surface area contributed by atoms with E-state index < -0.39 is 5.25 Å². The molecule has 2 aromatic heterocycles. The van der Waals surface area contributed by atoms with Gasteiger partial charge in [0.05, 0.1) is 11.1 Å². The molecule has 1 aromatic carbocycles. The molecule has 0 spiro atoms. The molecule has 26 heavy (non-hydrogen) atoms. The number of benzene rings is 1. The van der Waals surface area contributed by atoms with Crippen molar-refractivity contribution in [2.24, 2.45) is 5.10 Å². The Kier molecular flexibility index (Phi) is 4.16. The van der Waals surface area contributed by atoms with Crippen molar-refractivity contribution in [1.29, 1.82) is 0 Å². The van der Waals surface area contributed by atoms with E-state index in [1.165, 1.54) is 32.7 Å². The fraction of sp³-hybridized carbons (Fsp3) is 0.222. The quantitative estimate of drug-likeness (QED) is 0.637. The van der Waals surface area contributed by atoms with Gasteiger partial charge in [0.1, 0.15) is 10.1 Å². The van der Waals surface area contributed by atoms with Crippen LogP contribution in [0.15, 0.2) is 50.8 Å². The van der Waals surface area contributed by atoms with E-state index in [9.17, 15) is 9.59 Å². The van der Waals surface area contributed by atoms with Gasteiger partial charge in [-0.2, -0.15) is 9.78 Å². The molecule has 0 saturated carbocycles. The van der Waals surface area contributed by atoms with Crippen molar-refractivity contribution >= 4 is 44.9 Å². The number of aromatic nitrogens is 2. The maximum absolute atomic E-state index is 13.1. The summed E-state index contributed by atoms with van der Waals surface area (Å²) in [4.78, 5) is 32.3. The highest BCUT2D eigenvalue weighted by Crippen LogP contribution is 2.34. The number of amides is 1. The molecule has 3 aromatic rings. The second-order valence-electron chi connectivity index (χ2n) is 6.18. The molecule has 3 heterocycles. The lowest BCUT2D eigenvalue weighted by Crippen LogP contribution is -2.39. The van der Waals surface area contributed by atoms with Crippen LogP contribution < -0.4 is 5.56 Å². The van der Waals surface area contributed by atoms with Crippen LogP contribution in [0.5, 0.6) is 0 Å². The van der Waals surface area contributed by atoms with Gasteiger partial charge in [-0.05, 0) is 12.5 Å². The van der Waals surface area contributed by atoms with E-state index >= 15 is 0 Å². The van der Waals surface area contributed by atoms with Gasteiger partial charge in [-0.15, -0.1) is 11.3 Å². The zero-order valence-corrected chi connectivity index (χ0v) is 16.1. The maximum Gasteiger partial charge on any atom is 0.284 e. The summed E-state index contributed by atoms with van der Waals surface area (Å²) in [6.07, 6.45) is 0. The minimum Gasteiger partial charge on any atom is -0.348 e. The summed E-state index contributed by atoms with van der Waals surface area (Å²) in [6.45, 7) is 1.77. The van der Waals surface area contributed by atoms with Crippen LogP contribution >= 0.6 is 23.1 Å². The van der Waals surface area contributed by atoms with Gasteiger partial charge in [0, 0.05) is 25.0 Å². The summed E-state index contributed by atoms with van der Waals surface area (Å²) in [5.41, 5.74) is 2.24. The molecule has 1 amide bonds. The third kappa shape index (κ3) is 2.65. The normalized spacial score (nSPS) is 16.3. The van der Waals surface area contributed by atoms with E-state index in [4.69, 9.17) is 0 Å². The summed E-state index contributed by atoms with van der Waals surface area (Å²) in [7, 11) is 3.42. The number of nitrogens with zero attached hydrogens (tertiary/aromatic N) is 4. The second kappa shape index (κ2) is 6.37. The average Bonchev–Trinajstić information content (AvgIpc) is 3.06. The van der Waals surface area contributed by atoms with E-state index in [0.29, 0.717) is 21.1 Å². The van der Waals surface area contributed by atoms with Crippen molar-refractivity contribution < 1.29 is 4.79 Å². The number of carbonyl (C=O) groups excluding carboxylic acids is 1. The van der Waals surface area contributed by atoms with Gasteiger partial charge in [0.15, 0.2) is 5.16 Å². The van der Waals surface area contributed by atoms with Crippen LogP contribution in [0.4, 0.5) is 0 Å². The van der Waals surface area contributed by atoms with Crippen molar-refractivity contribution in [2.45, 2.75) is 17.3 Å². The molecular weight excluding hydrogens is 368 g/mol. The Balaban J connectivity index is 1.89. The Morgan fingerprint density at radius 1 is 1.23 bits per heavy atom. The van der Waals surface area contributed by atoms with E-state index in [0.717, 1.165) is 11.1 Å². The van der Waals surface area contributed by atoms with Gasteiger partial charge in [-0.1, -0.05) is 42.1 Å². The van der Waals surface area contributed by atoms with Crippen LogP contribution in [-0.2, 0) is 4.79 Å². The molecule has 0 radical (unpaired) electrons. The first kappa shape index (κ1) is 17.0. The van der Waals surface area contributed by atoms with Crippen LogP contribution in [0, 0.1) is 0 Å². The zero-order valence-electron chi connectivity index (χ0n) is 14.5. The van der Waals surface area contributed by atoms with Crippen molar-refractivity contribution in [3.63, 3.8) is 0 Å². The Hall–Kier alpha value is -2.45. The first-order valence-electron chi connectivity index (χ1n) is 8.00. The molecule has 4 rings (SSSR count). The average molecular weight is 384 g/mol. The van der Waals surface area contributed by atoms with Gasteiger partial charge in [-0.25, -0.2) is 4.98 Å². The third-order valence-corrected chi connectivity index (χ3v) is 6.29. The topological polar surface area (TPSA) is 67.6 Å². The second-order valence-corrected chi connectivity index (χ2v) is 8.11. The Bertz CT molecular complexity index is 1100. The summed E-state index contributed by atoms with van der Waals surface area (Å²) in [5.74, 6) is -0.0620. The van der Waals surface area contributed by atoms with Gasteiger partial charge in [0.25, 0.3) is 5.56 Å². The van der Waals surface area contributed by atoms with E-state index in [2.05, 4.69) is 10.1 Å². The van der Waals surface area contributed by atoms with E-state index in [1.807, 2.05) is 35.7 Å². The predicted octanol–water partition coefficient (Wildman–Crippen LogP) is 2.91. The molecule has 6 nitrogen and oxygen atoms in total. The maximum atomic E-state index is 13.1. The molecule has 0 bridgehead atoms. The van der Waals surface area contributed by atoms with Crippen LogP contribution in [0.2, 0.25) is 0 Å². The first-order chi connectivity index (χ1) is 12.5. The lowest BCUT2D eigenvalue weighted by molar-refractivity contribution is -0.126. The fourth-order valence-electron chi connectivity index (χ4n) is 2.82. The van der Waals surface area contributed by atoms with Crippen LogP contribution in [0.25, 0.3) is 21.3 Å². The highest BCUT2D eigenvalue weighted by Gasteiger charge is 2.31. The van der Waals surface area contributed by atoms with Crippen molar-refractivity contribution in [3.05, 3.63) is 46.1 Å². The minimum absolute atomic E-state index is 0.0620. The minimum atomic E-state index is -0.456. The lowest BCUT2D eigenvalue weighted by atomic mass is 10.1. The summed E-state index contributed by atoms with van der Waals surface area (Å²) >= 11 is 2.70. The smallest absolute Gasteiger partial charge is 0.284 e. The van der Waals surface area contributed by atoms with E-state index in [-0.39, 0.29) is 11.5 Å². The highest BCUT2D eigenvalue weighted by atomic mass is 32.2. The van der Waals surface area contributed by atoms with Crippen molar-refractivity contribution in [3.8, 4) is 11.1 Å². The van der Waals surface area contributed by atoms with Gasteiger partial charge in [-0.3, -0.25) is 9.59 Å². The molecule has 132 valence electrons. The van der Waals surface area contributed by atoms with Gasteiger partial charge >= 0.3 is 0 Å². The predicted molar refractivity (Wildman–Crippen MR) is 106 cm³/mol. The Labute approximate surface area is 158 Å². The molecule has 0 unspecified atom stereocenters. The summed E-state index contributed by atoms with van der Waals surface area (Å²) in [5, 5.41) is 6.90. The molecule has 1 atom stereocenters. The number of rotatable bonds is 2. The standard InChI is InChI=1S/C18H16N4O2S2/c1-10-14(17(24)21(2)3)26-18-19-15-13(16(23)22(18)20-10)12(9-25-15)11-7-5-4-6-8-11/h4-9,14H,1-3H3/t14-/m0/s1. The van der Waals surface area contributed by atoms with Crippen molar-refractivity contribution in [2.75, 3.05) is 14.1 Å².